The SMILES string of the molecule is C.C.C.C.Cc1ccc2c(c1)C(C)(C)c1ccccc1-2. The second-order valence-electron chi connectivity index (χ2n) is 5.22. The third-order valence-electron chi connectivity index (χ3n) is 3.74. The molecule has 0 heterocycles. The lowest BCUT2D eigenvalue weighted by atomic mass is 9.82. The van der Waals surface area contributed by atoms with Gasteiger partial charge in [-0.3, -0.25) is 0 Å². The van der Waals surface area contributed by atoms with E-state index < -0.39 is 0 Å². The van der Waals surface area contributed by atoms with E-state index in [9.17, 15) is 0 Å². The van der Waals surface area contributed by atoms with Crippen LogP contribution in [-0.2, 0) is 5.41 Å². The van der Waals surface area contributed by atoms with Gasteiger partial charge in [0.25, 0.3) is 0 Å². The van der Waals surface area contributed by atoms with Crippen LogP contribution in [0, 0.1) is 6.92 Å². The smallest absolute Gasteiger partial charge is 0.0158 e. The molecule has 0 N–H and O–H groups in total. The molecule has 0 saturated carbocycles. The van der Waals surface area contributed by atoms with Gasteiger partial charge in [-0.1, -0.05) is 91.6 Å². The van der Waals surface area contributed by atoms with Crippen molar-refractivity contribution >= 4 is 0 Å². The van der Waals surface area contributed by atoms with Crippen LogP contribution in [0.3, 0.4) is 0 Å². The van der Waals surface area contributed by atoms with Crippen LogP contribution in [-0.4, -0.2) is 0 Å². The van der Waals surface area contributed by atoms with Crippen LogP contribution < -0.4 is 0 Å². The Balaban J connectivity index is 0. The normalized spacial score (nSPS) is 12.6. The maximum atomic E-state index is 2.33. The fourth-order valence-electron chi connectivity index (χ4n) is 2.82. The van der Waals surface area contributed by atoms with Crippen LogP contribution >= 0.6 is 0 Å². The lowest BCUT2D eigenvalue weighted by Crippen LogP contribution is -2.14. The summed E-state index contributed by atoms with van der Waals surface area (Å²) in [6.45, 7) is 6.80. The Morgan fingerprint density at radius 1 is 0.700 bits per heavy atom. The zero-order chi connectivity index (χ0) is 11.3. The van der Waals surface area contributed by atoms with Gasteiger partial charge in [0.05, 0.1) is 0 Å². The van der Waals surface area contributed by atoms with Crippen molar-refractivity contribution in [2.75, 3.05) is 0 Å². The molecule has 3 rings (SSSR count). The first-order valence-corrected chi connectivity index (χ1v) is 5.82. The van der Waals surface area contributed by atoms with E-state index in [0.29, 0.717) is 0 Å². The maximum Gasteiger partial charge on any atom is 0.0158 e. The Bertz CT molecular complexity index is 562. The highest BCUT2D eigenvalue weighted by molar-refractivity contribution is 5.80. The highest BCUT2D eigenvalue weighted by atomic mass is 14.4. The highest BCUT2D eigenvalue weighted by Crippen LogP contribution is 2.48. The van der Waals surface area contributed by atoms with E-state index in [1.807, 2.05) is 0 Å². The lowest BCUT2D eigenvalue weighted by Gasteiger charge is -2.21. The first-order valence-electron chi connectivity index (χ1n) is 5.82. The Morgan fingerprint density at radius 3 is 1.90 bits per heavy atom. The van der Waals surface area contributed by atoms with Gasteiger partial charge >= 0.3 is 0 Å². The summed E-state index contributed by atoms with van der Waals surface area (Å²) in [5.74, 6) is 0. The van der Waals surface area contributed by atoms with Crippen molar-refractivity contribution in [2.45, 2.75) is 55.9 Å². The summed E-state index contributed by atoms with van der Waals surface area (Å²) >= 11 is 0. The molecule has 0 bridgehead atoms. The molecule has 0 radical (unpaired) electrons. The molecule has 1 aliphatic rings. The maximum absolute atomic E-state index is 2.33. The first kappa shape index (κ1) is 20.8. The van der Waals surface area contributed by atoms with Crippen LogP contribution in [0.5, 0.6) is 0 Å². The second kappa shape index (κ2) is 6.74. The zero-order valence-corrected chi connectivity index (χ0v) is 10.0. The Morgan fingerprint density at radius 2 is 1.25 bits per heavy atom. The van der Waals surface area contributed by atoms with Crippen molar-refractivity contribution in [3.63, 3.8) is 0 Å². The van der Waals surface area contributed by atoms with Gasteiger partial charge in [-0.2, -0.15) is 0 Å². The van der Waals surface area contributed by atoms with Crippen molar-refractivity contribution in [3.8, 4) is 11.1 Å². The van der Waals surface area contributed by atoms with Gasteiger partial charge in [-0.15, -0.1) is 0 Å². The van der Waals surface area contributed by atoms with Crippen LogP contribution in [0.4, 0.5) is 0 Å². The van der Waals surface area contributed by atoms with Crippen molar-refractivity contribution in [3.05, 3.63) is 59.2 Å². The van der Waals surface area contributed by atoms with E-state index >= 15 is 0 Å². The second-order valence-corrected chi connectivity index (χ2v) is 5.22. The van der Waals surface area contributed by atoms with E-state index in [0.717, 1.165) is 0 Å². The summed E-state index contributed by atoms with van der Waals surface area (Å²) in [7, 11) is 0. The van der Waals surface area contributed by atoms with E-state index in [2.05, 4.69) is 63.2 Å². The molecule has 20 heavy (non-hydrogen) atoms. The van der Waals surface area contributed by atoms with Crippen molar-refractivity contribution in [2.24, 2.45) is 0 Å². The number of aryl methyl sites for hydroxylation is 1. The predicted molar refractivity (Wildman–Crippen MR) is 95.7 cm³/mol. The molecule has 0 atom stereocenters. The fourth-order valence-corrected chi connectivity index (χ4v) is 2.82. The monoisotopic (exact) mass is 272 g/mol. The minimum atomic E-state index is 0. The molecule has 0 unspecified atom stereocenters. The molecule has 0 spiro atoms. The van der Waals surface area contributed by atoms with Gasteiger partial charge < -0.3 is 0 Å². The summed E-state index contributed by atoms with van der Waals surface area (Å²) in [5, 5.41) is 0. The molecule has 0 aromatic heterocycles. The Labute approximate surface area is 126 Å². The van der Waals surface area contributed by atoms with Gasteiger partial charge in [0.1, 0.15) is 0 Å². The molecule has 2 aromatic carbocycles. The molecule has 112 valence electrons. The number of hydrogen-bond donors (Lipinski definition) is 0. The fraction of sp³-hybridized carbons (Fsp3) is 0.400. The third-order valence-corrected chi connectivity index (χ3v) is 3.74. The molecule has 1 aliphatic carbocycles. The number of hydrogen-bond acceptors (Lipinski definition) is 0. The number of fused-ring (bicyclic) bond motifs is 3. The van der Waals surface area contributed by atoms with E-state index in [1.165, 1.54) is 27.8 Å². The molecule has 0 aliphatic heterocycles. The van der Waals surface area contributed by atoms with E-state index in [1.54, 1.807) is 0 Å². The summed E-state index contributed by atoms with van der Waals surface area (Å²) in [6, 6.07) is 15.6. The lowest BCUT2D eigenvalue weighted by molar-refractivity contribution is 0.660. The number of rotatable bonds is 0. The Kier molecular flexibility index (Phi) is 7.00. The first-order chi connectivity index (χ1) is 7.60. The Hall–Kier alpha value is -1.56. The van der Waals surface area contributed by atoms with E-state index in [-0.39, 0.29) is 35.1 Å². The van der Waals surface area contributed by atoms with Crippen LogP contribution in [0.1, 0.15) is 60.2 Å². The molecule has 0 heteroatoms. The minimum Gasteiger partial charge on any atom is -0.0776 e. The molecular weight excluding hydrogens is 240 g/mol. The van der Waals surface area contributed by atoms with Gasteiger partial charge in [0.15, 0.2) is 0 Å². The number of benzene rings is 2. The average molecular weight is 272 g/mol. The molecule has 0 nitrogen and oxygen atoms in total. The van der Waals surface area contributed by atoms with Crippen LogP contribution in [0.2, 0.25) is 0 Å². The topological polar surface area (TPSA) is 0 Å². The van der Waals surface area contributed by atoms with Gasteiger partial charge in [-0.05, 0) is 29.2 Å². The molecule has 2 aromatic rings. The summed E-state index contributed by atoms with van der Waals surface area (Å²) in [4.78, 5) is 0. The molecular formula is C20H32. The summed E-state index contributed by atoms with van der Waals surface area (Å²) in [6.07, 6.45) is 0. The van der Waals surface area contributed by atoms with Gasteiger partial charge in [-0.25, -0.2) is 0 Å². The van der Waals surface area contributed by atoms with Gasteiger partial charge in [0.2, 0.25) is 0 Å². The molecule has 0 fully saturated rings. The van der Waals surface area contributed by atoms with Crippen molar-refractivity contribution in [1.29, 1.82) is 0 Å². The van der Waals surface area contributed by atoms with Crippen molar-refractivity contribution in [1.82, 2.24) is 0 Å². The zero-order valence-electron chi connectivity index (χ0n) is 10.0. The standard InChI is InChI=1S/C16H16.4CH4/c1-11-8-9-13-12-6-4-5-7-14(12)16(2,3)15(13)10-11;;;;/h4-10H,1-3H3;4*1H4. The quantitative estimate of drug-likeness (QED) is 0.492. The summed E-state index contributed by atoms with van der Waals surface area (Å²) < 4.78 is 0. The molecule has 0 amide bonds. The highest BCUT2D eigenvalue weighted by Gasteiger charge is 2.34. The minimum absolute atomic E-state index is 0. The van der Waals surface area contributed by atoms with Crippen LogP contribution in [0.25, 0.3) is 11.1 Å². The van der Waals surface area contributed by atoms with E-state index in [4.69, 9.17) is 0 Å². The predicted octanol–water partition coefficient (Wildman–Crippen LogP) is 6.85. The van der Waals surface area contributed by atoms with Crippen molar-refractivity contribution < 1.29 is 0 Å². The largest absolute Gasteiger partial charge is 0.0776 e. The summed E-state index contributed by atoms with van der Waals surface area (Å²) in [5.41, 5.74) is 7.23. The third kappa shape index (κ3) is 2.65. The molecule has 0 saturated heterocycles. The van der Waals surface area contributed by atoms with Crippen LogP contribution in [0.15, 0.2) is 42.5 Å². The average Bonchev–Trinajstić information content (AvgIpc) is 2.49. The van der Waals surface area contributed by atoms with Gasteiger partial charge in [0, 0.05) is 5.41 Å².